The highest BCUT2D eigenvalue weighted by Gasteiger charge is 2.51. The molecule has 1 fully saturated rings. The van der Waals surface area contributed by atoms with Crippen LogP contribution in [0.2, 0.25) is 0 Å². The molecule has 3 rings (SSSR count). The van der Waals surface area contributed by atoms with Gasteiger partial charge in [0.15, 0.2) is 18.7 Å². The van der Waals surface area contributed by atoms with Gasteiger partial charge in [0.2, 0.25) is 17.7 Å². The maximum Gasteiger partial charge on any atom is 0.341 e. The Morgan fingerprint density at radius 2 is 1.46 bits per heavy atom. The summed E-state index contributed by atoms with van der Waals surface area (Å²) in [4.78, 5) is 102. The van der Waals surface area contributed by atoms with Gasteiger partial charge in [0, 0.05) is 38.5 Å². The third-order valence-electron chi connectivity index (χ3n) is 12.1. The second-order valence-electron chi connectivity index (χ2n) is 16.5. The number of benzene rings is 1. The van der Waals surface area contributed by atoms with Gasteiger partial charge in [-0.05, 0) is 50.5 Å². The summed E-state index contributed by atoms with van der Waals surface area (Å²) in [5.41, 5.74) is 1.39. The second kappa shape index (κ2) is 20.1. The molecule has 2 aliphatic heterocycles. The van der Waals surface area contributed by atoms with E-state index in [4.69, 9.17) is 11.2 Å². The smallest absolute Gasteiger partial charge is 0.341 e. The van der Waals surface area contributed by atoms with Crippen molar-refractivity contribution in [2.75, 3.05) is 27.7 Å². The molecule has 1 saturated heterocycles. The Labute approximate surface area is 338 Å². The van der Waals surface area contributed by atoms with Crippen LogP contribution in [0.5, 0.6) is 0 Å². The number of quaternary nitrogens is 1. The van der Waals surface area contributed by atoms with Crippen molar-refractivity contribution in [1.82, 2.24) is 30.2 Å². The van der Waals surface area contributed by atoms with Crippen LogP contribution < -0.4 is 20.4 Å². The SMILES string of the molecule is C#CCCCC1NC(=O)C[N+]2(C)C(=O)C(Cc3ccccc32)N(C)C(=O)C(C(C)CC)NC(=O)C(C(C)CC)NC(=O)C(C)N(C)C(=O)C(C(C)C)OC(=O)C1C. The van der Waals surface area contributed by atoms with E-state index < -0.39 is 94.0 Å². The number of nitrogens with zero attached hydrogens (tertiary/aromatic N) is 3. The molecule has 14 heteroatoms. The van der Waals surface area contributed by atoms with Crippen LogP contribution in [0.4, 0.5) is 5.69 Å². The zero-order chi connectivity index (χ0) is 42.9. The van der Waals surface area contributed by atoms with Crippen LogP contribution in [0.15, 0.2) is 24.3 Å². The average molecular weight is 794 g/mol. The number of terminal acetylenes is 1. The molecule has 10 unspecified atom stereocenters. The molecule has 0 saturated carbocycles. The fourth-order valence-corrected chi connectivity index (χ4v) is 7.50. The van der Waals surface area contributed by atoms with Gasteiger partial charge in [0.05, 0.1) is 13.0 Å². The zero-order valence-corrected chi connectivity index (χ0v) is 35.7. The summed E-state index contributed by atoms with van der Waals surface area (Å²) in [5.74, 6) is -3.48. The third kappa shape index (κ3) is 10.6. The third-order valence-corrected chi connectivity index (χ3v) is 12.1. The van der Waals surface area contributed by atoms with Gasteiger partial charge in [-0.15, -0.1) is 12.3 Å². The number of amides is 6. The van der Waals surface area contributed by atoms with E-state index in [0.717, 1.165) is 5.56 Å². The summed E-state index contributed by atoms with van der Waals surface area (Å²) in [6.45, 7) is 13.6. The van der Waals surface area contributed by atoms with E-state index in [1.54, 1.807) is 40.0 Å². The topological polar surface area (TPSA) is 171 Å². The van der Waals surface area contributed by atoms with Crippen molar-refractivity contribution < 1.29 is 38.3 Å². The second-order valence-corrected chi connectivity index (χ2v) is 16.5. The molecule has 2 aliphatic rings. The first-order chi connectivity index (χ1) is 26.7. The monoisotopic (exact) mass is 793 g/mol. The molecule has 10 atom stereocenters. The molecule has 2 heterocycles. The van der Waals surface area contributed by atoms with Gasteiger partial charge in [0.25, 0.3) is 11.8 Å². The molecule has 314 valence electrons. The van der Waals surface area contributed by atoms with E-state index in [0.29, 0.717) is 37.8 Å². The van der Waals surface area contributed by atoms with Gasteiger partial charge in [-0.25, -0.2) is 9.28 Å². The van der Waals surface area contributed by atoms with E-state index in [-0.39, 0.29) is 24.8 Å². The molecular formula is C43H65N6O8+. The fraction of sp³-hybridized carbons (Fsp3) is 0.651. The number of carbonyl (C=O) groups is 7. The van der Waals surface area contributed by atoms with Gasteiger partial charge in [-0.3, -0.25) is 28.8 Å². The van der Waals surface area contributed by atoms with E-state index >= 15 is 0 Å². The number of ether oxygens (including phenoxy) is 1. The summed E-state index contributed by atoms with van der Waals surface area (Å²) >= 11 is 0. The number of hydrogen-bond donors (Lipinski definition) is 3. The normalized spacial score (nSPS) is 29.8. The van der Waals surface area contributed by atoms with Crippen molar-refractivity contribution in [3.8, 4) is 12.3 Å². The van der Waals surface area contributed by atoms with Crippen LogP contribution in [0.1, 0.15) is 93.1 Å². The van der Waals surface area contributed by atoms with E-state index in [1.807, 2.05) is 39.8 Å². The number of fused-ring (bicyclic) bond motifs is 4. The maximum absolute atomic E-state index is 14.7. The number of rotatable bonds is 8. The quantitative estimate of drug-likeness (QED) is 0.156. The van der Waals surface area contributed by atoms with Crippen LogP contribution in [0.3, 0.4) is 0 Å². The lowest BCUT2D eigenvalue weighted by atomic mass is 9.91. The van der Waals surface area contributed by atoms with Crippen LogP contribution in [0, 0.1) is 36.0 Å². The molecule has 0 radical (unpaired) electrons. The maximum atomic E-state index is 14.7. The molecule has 14 nitrogen and oxygen atoms in total. The molecule has 2 bridgehead atoms. The Bertz CT molecular complexity index is 1710. The van der Waals surface area contributed by atoms with Crippen LogP contribution in [-0.2, 0) is 44.7 Å². The van der Waals surface area contributed by atoms with Crippen molar-refractivity contribution >= 4 is 47.1 Å². The van der Waals surface area contributed by atoms with Crippen LogP contribution >= 0.6 is 0 Å². The Kier molecular flexibility index (Phi) is 16.4. The number of likely N-dealkylation sites (N-methyl/N-ethyl adjacent to an activating group) is 3. The lowest BCUT2D eigenvalue weighted by Crippen LogP contribution is -2.67. The molecular weight excluding hydrogens is 729 g/mol. The number of esters is 1. The van der Waals surface area contributed by atoms with Gasteiger partial charge >= 0.3 is 11.9 Å². The molecule has 1 aromatic rings. The molecule has 0 aromatic heterocycles. The van der Waals surface area contributed by atoms with Gasteiger partial charge in [0.1, 0.15) is 23.8 Å². The highest BCUT2D eigenvalue weighted by molar-refractivity contribution is 6.02. The van der Waals surface area contributed by atoms with Crippen molar-refractivity contribution in [1.29, 1.82) is 0 Å². The standard InChI is InChI=1S/C43H64N6O8/c1-13-16-17-21-31-28(8)43(56)57-37(25(4)5)41(54)47(10)29(9)38(51)45-35(26(6)14-2)39(52)46-36(27(7)15-3)40(53)48(11)32-23-30-20-18-19-22-33(30)49(12,42(32)55)24-34(50)44-31/h1,18-20,22,25-29,31-32,35-37H,14-17,21,23-24H2,2-12H3,(H2-,44,45,46,50,51,52)/p+1. The van der Waals surface area contributed by atoms with E-state index in [1.165, 1.54) is 30.8 Å². The summed E-state index contributed by atoms with van der Waals surface area (Å²) < 4.78 is 5.41. The molecule has 0 spiro atoms. The summed E-state index contributed by atoms with van der Waals surface area (Å²) in [6, 6.07) is 2.34. The first-order valence-electron chi connectivity index (χ1n) is 20.3. The van der Waals surface area contributed by atoms with Crippen molar-refractivity contribution in [3.63, 3.8) is 0 Å². The minimum absolute atomic E-state index is 0.193. The molecule has 57 heavy (non-hydrogen) atoms. The summed E-state index contributed by atoms with van der Waals surface area (Å²) in [6.07, 6.45) is 6.68. The average Bonchev–Trinajstić information content (AvgIpc) is 3.19. The number of nitrogens with one attached hydrogen (secondary N) is 3. The number of hydrogen-bond acceptors (Lipinski definition) is 8. The van der Waals surface area contributed by atoms with Gasteiger partial charge in [-0.2, -0.15) is 0 Å². The Balaban J connectivity index is 2.20. The predicted octanol–water partition coefficient (Wildman–Crippen LogP) is 2.95. The Hall–Kier alpha value is -4.77. The van der Waals surface area contributed by atoms with Crippen LogP contribution in [0.25, 0.3) is 0 Å². The number of cyclic esters (lactones) is 1. The van der Waals surface area contributed by atoms with E-state index in [2.05, 4.69) is 21.9 Å². The van der Waals surface area contributed by atoms with Crippen molar-refractivity contribution in [2.24, 2.45) is 23.7 Å². The largest absolute Gasteiger partial charge is 0.452 e. The molecule has 6 amide bonds. The Morgan fingerprint density at radius 3 is 2.05 bits per heavy atom. The fourth-order valence-electron chi connectivity index (χ4n) is 7.50. The zero-order valence-electron chi connectivity index (χ0n) is 35.7. The van der Waals surface area contributed by atoms with Crippen molar-refractivity contribution in [2.45, 2.75) is 130 Å². The number of para-hydroxylation sites is 1. The lowest BCUT2D eigenvalue weighted by Gasteiger charge is -2.42. The number of carbonyl (C=O) groups excluding carboxylic acids is 7. The summed E-state index contributed by atoms with van der Waals surface area (Å²) in [7, 11) is 4.60. The van der Waals surface area contributed by atoms with Gasteiger partial charge < -0.3 is 30.5 Å². The summed E-state index contributed by atoms with van der Waals surface area (Å²) in [5, 5.41) is 8.71. The number of unbranched alkanes of at least 4 members (excludes halogenated alkanes) is 1. The molecule has 0 aliphatic carbocycles. The van der Waals surface area contributed by atoms with E-state index in [9.17, 15) is 33.6 Å². The first-order valence-corrected chi connectivity index (χ1v) is 20.3. The highest BCUT2D eigenvalue weighted by Crippen LogP contribution is 2.35. The highest BCUT2D eigenvalue weighted by atomic mass is 16.5. The van der Waals surface area contributed by atoms with Crippen LogP contribution in [-0.4, -0.2) is 115 Å². The first kappa shape index (κ1) is 46.6. The van der Waals surface area contributed by atoms with Crippen molar-refractivity contribution in [3.05, 3.63) is 29.8 Å². The Morgan fingerprint density at radius 1 is 0.860 bits per heavy atom. The molecule has 1 aromatic carbocycles. The predicted molar refractivity (Wildman–Crippen MR) is 218 cm³/mol. The minimum atomic E-state index is -1.27. The lowest BCUT2D eigenvalue weighted by molar-refractivity contribution is -0.168. The molecule has 3 N–H and O–H groups in total. The minimum Gasteiger partial charge on any atom is -0.452 e. The van der Waals surface area contributed by atoms with Gasteiger partial charge in [-0.1, -0.05) is 72.6 Å².